The molecule has 5 rings (SSSR count). The van der Waals surface area contributed by atoms with E-state index in [1.807, 2.05) is 48.5 Å². The highest BCUT2D eigenvalue weighted by molar-refractivity contribution is 6.01. The summed E-state index contributed by atoms with van der Waals surface area (Å²) in [5.74, 6) is -0.427. The Morgan fingerprint density at radius 3 is 2.29 bits per heavy atom. The minimum atomic E-state index is -0.975. The molecule has 38 heavy (non-hydrogen) atoms. The van der Waals surface area contributed by atoms with Crippen LogP contribution in [0.2, 0.25) is 0 Å². The van der Waals surface area contributed by atoms with Gasteiger partial charge in [0, 0.05) is 19.6 Å². The number of piperazine rings is 1. The lowest BCUT2D eigenvalue weighted by Crippen LogP contribution is -2.72. The molecule has 3 heterocycles. The van der Waals surface area contributed by atoms with Crippen LogP contribution in [0.3, 0.4) is 0 Å². The monoisotopic (exact) mass is 515 g/mol. The molecule has 2 aliphatic rings. The zero-order chi connectivity index (χ0) is 26.4. The van der Waals surface area contributed by atoms with Crippen LogP contribution >= 0.6 is 0 Å². The van der Waals surface area contributed by atoms with Crippen molar-refractivity contribution in [1.29, 1.82) is 0 Å². The molecule has 8 nitrogen and oxygen atoms in total. The first-order valence-electron chi connectivity index (χ1n) is 13.1. The van der Waals surface area contributed by atoms with Crippen LogP contribution < -0.4 is 5.32 Å². The minimum absolute atomic E-state index is 0.118. The van der Waals surface area contributed by atoms with Crippen LogP contribution in [0.1, 0.15) is 36.1 Å². The molecule has 2 fully saturated rings. The third kappa shape index (κ3) is 5.81. The van der Waals surface area contributed by atoms with Gasteiger partial charge in [0.1, 0.15) is 23.9 Å². The number of furan rings is 1. The number of carbonyl (C=O) groups excluding carboxylic acids is 3. The minimum Gasteiger partial charge on any atom is -0.467 e. The standard InChI is InChI=1S/C30H33N3O5/c34-27(38-22-24-10-5-2-6-11-24)20-26-28(35)33(21-25-12-7-19-37-25)30(29(36)31-26)14-17-32(18-15-30)16-13-23-8-3-1-4-9-23/h1-12,19,26H,13-18,20-22H2,(H,31,36). The number of esters is 1. The van der Waals surface area contributed by atoms with E-state index < -0.39 is 17.6 Å². The van der Waals surface area contributed by atoms with Gasteiger partial charge in [-0.2, -0.15) is 0 Å². The molecule has 1 N–H and O–H groups in total. The summed E-state index contributed by atoms with van der Waals surface area (Å²) >= 11 is 0. The van der Waals surface area contributed by atoms with Crippen LogP contribution in [-0.2, 0) is 38.7 Å². The Morgan fingerprint density at radius 1 is 0.947 bits per heavy atom. The van der Waals surface area contributed by atoms with Crippen molar-refractivity contribution in [2.45, 2.75) is 50.4 Å². The Labute approximate surface area is 222 Å². The molecule has 2 amide bonds. The van der Waals surface area contributed by atoms with Crippen LogP contribution in [0.4, 0.5) is 0 Å². The fourth-order valence-corrected chi connectivity index (χ4v) is 5.34. The van der Waals surface area contributed by atoms with E-state index in [1.165, 1.54) is 5.56 Å². The molecule has 0 aliphatic carbocycles. The number of ether oxygens (including phenoxy) is 1. The highest BCUT2D eigenvalue weighted by Crippen LogP contribution is 2.35. The van der Waals surface area contributed by atoms with Crippen molar-refractivity contribution in [3.05, 3.63) is 95.9 Å². The van der Waals surface area contributed by atoms with Crippen LogP contribution in [0.25, 0.3) is 0 Å². The average molecular weight is 516 g/mol. The number of amides is 2. The molecule has 198 valence electrons. The molecule has 1 unspecified atom stereocenters. The Morgan fingerprint density at radius 2 is 1.63 bits per heavy atom. The van der Waals surface area contributed by atoms with E-state index in [-0.39, 0.29) is 31.4 Å². The van der Waals surface area contributed by atoms with Crippen LogP contribution in [0, 0.1) is 0 Å². The number of nitrogens with one attached hydrogen (secondary N) is 1. The lowest BCUT2D eigenvalue weighted by atomic mass is 9.81. The van der Waals surface area contributed by atoms with E-state index in [0.717, 1.165) is 18.5 Å². The van der Waals surface area contributed by atoms with Gasteiger partial charge in [-0.3, -0.25) is 14.4 Å². The lowest BCUT2D eigenvalue weighted by Gasteiger charge is -2.51. The SMILES string of the molecule is O=C(CC1NC(=O)C2(CCN(CCc3ccccc3)CC2)N(Cc2ccco2)C1=O)OCc1ccccc1. The van der Waals surface area contributed by atoms with E-state index >= 15 is 0 Å². The first-order valence-corrected chi connectivity index (χ1v) is 13.1. The zero-order valence-corrected chi connectivity index (χ0v) is 21.4. The molecule has 0 radical (unpaired) electrons. The number of likely N-dealkylation sites (tertiary alicyclic amines) is 1. The van der Waals surface area contributed by atoms with Crippen molar-refractivity contribution < 1.29 is 23.5 Å². The van der Waals surface area contributed by atoms with Gasteiger partial charge in [0.2, 0.25) is 11.8 Å². The number of rotatable bonds is 9. The summed E-state index contributed by atoms with van der Waals surface area (Å²) in [5, 5.41) is 2.86. The van der Waals surface area contributed by atoms with Gasteiger partial charge in [0.15, 0.2) is 0 Å². The second kappa shape index (κ2) is 11.6. The third-order valence-electron chi connectivity index (χ3n) is 7.56. The van der Waals surface area contributed by atoms with E-state index in [1.54, 1.807) is 23.3 Å². The van der Waals surface area contributed by atoms with Crippen molar-refractivity contribution in [3.8, 4) is 0 Å². The molecule has 1 spiro atoms. The van der Waals surface area contributed by atoms with Gasteiger partial charge >= 0.3 is 5.97 Å². The van der Waals surface area contributed by atoms with E-state index in [2.05, 4.69) is 22.3 Å². The molecule has 2 aliphatic heterocycles. The number of nitrogens with zero attached hydrogens (tertiary/aromatic N) is 2. The van der Waals surface area contributed by atoms with Crippen molar-refractivity contribution in [2.24, 2.45) is 0 Å². The summed E-state index contributed by atoms with van der Waals surface area (Å²) in [4.78, 5) is 43.9. The third-order valence-corrected chi connectivity index (χ3v) is 7.56. The number of benzene rings is 2. The quantitative estimate of drug-likeness (QED) is 0.440. The molecular weight excluding hydrogens is 482 g/mol. The number of piperidine rings is 1. The number of carbonyl (C=O) groups is 3. The fourth-order valence-electron chi connectivity index (χ4n) is 5.34. The molecule has 8 heteroatoms. The van der Waals surface area contributed by atoms with Crippen molar-refractivity contribution in [3.63, 3.8) is 0 Å². The first kappa shape index (κ1) is 25.7. The van der Waals surface area contributed by atoms with Crippen molar-refractivity contribution in [1.82, 2.24) is 15.1 Å². The van der Waals surface area contributed by atoms with Crippen molar-refractivity contribution >= 4 is 17.8 Å². The topological polar surface area (TPSA) is 92.1 Å². The predicted molar refractivity (Wildman–Crippen MR) is 141 cm³/mol. The normalized spacial score (nSPS) is 19.4. The zero-order valence-electron chi connectivity index (χ0n) is 21.4. The van der Waals surface area contributed by atoms with Gasteiger partial charge in [0.05, 0.1) is 19.2 Å². The maximum Gasteiger partial charge on any atom is 0.308 e. The van der Waals surface area contributed by atoms with Gasteiger partial charge in [-0.15, -0.1) is 0 Å². The summed E-state index contributed by atoms with van der Waals surface area (Å²) in [5.41, 5.74) is 1.16. The molecule has 0 saturated carbocycles. The maximum absolute atomic E-state index is 13.7. The Hall–Kier alpha value is -3.91. The molecule has 2 saturated heterocycles. The summed E-state index contributed by atoms with van der Waals surface area (Å²) in [6.45, 7) is 2.59. The Bertz CT molecular complexity index is 1220. The average Bonchev–Trinajstić information content (AvgIpc) is 3.47. The van der Waals surface area contributed by atoms with E-state index in [0.29, 0.717) is 31.7 Å². The summed E-state index contributed by atoms with van der Waals surface area (Å²) < 4.78 is 10.9. The molecule has 0 bridgehead atoms. The van der Waals surface area contributed by atoms with Gasteiger partial charge in [-0.25, -0.2) is 0 Å². The van der Waals surface area contributed by atoms with Crippen LogP contribution in [0.5, 0.6) is 0 Å². The second-order valence-electron chi connectivity index (χ2n) is 9.99. The lowest BCUT2D eigenvalue weighted by molar-refractivity contribution is -0.165. The largest absolute Gasteiger partial charge is 0.467 e. The summed E-state index contributed by atoms with van der Waals surface area (Å²) in [6, 6.07) is 22.3. The highest BCUT2D eigenvalue weighted by Gasteiger charge is 2.54. The van der Waals surface area contributed by atoms with E-state index in [9.17, 15) is 14.4 Å². The number of hydrogen-bond acceptors (Lipinski definition) is 6. The number of hydrogen-bond donors (Lipinski definition) is 1. The van der Waals surface area contributed by atoms with E-state index in [4.69, 9.17) is 9.15 Å². The second-order valence-corrected chi connectivity index (χ2v) is 9.99. The predicted octanol–water partition coefficient (Wildman–Crippen LogP) is 3.32. The molecule has 1 atom stereocenters. The van der Waals surface area contributed by atoms with Crippen molar-refractivity contribution in [2.75, 3.05) is 19.6 Å². The van der Waals surface area contributed by atoms with Gasteiger partial charge < -0.3 is 24.3 Å². The molecule has 1 aromatic heterocycles. The van der Waals surface area contributed by atoms with Gasteiger partial charge in [0.25, 0.3) is 0 Å². The summed E-state index contributed by atoms with van der Waals surface area (Å²) in [7, 11) is 0. The van der Waals surface area contributed by atoms with Crippen LogP contribution in [-0.4, -0.2) is 58.8 Å². The molecular formula is C30H33N3O5. The molecule has 2 aromatic carbocycles. The smallest absolute Gasteiger partial charge is 0.308 e. The van der Waals surface area contributed by atoms with Gasteiger partial charge in [-0.05, 0) is 42.5 Å². The first-order chi connectivity index (χ1) is 18.5. The molecule has 3 aromatic rings. The fraction of sp³-hybridized carbons (Fsp3) is 0.367. The Balaban J connectivity index is 1.25. The van der Waals surface area contributed by atoms with Gasteiger partial charge in [-0.1, -0.05) is 60.7 Å². The highest BCUT2D eigenvalue weighted by atomic mass is 16.5. The Kier molecular flexibility index (Phi) is 7.89. The van der Waals surface area contributed by atoms with Crippen LogP contribution in [0.15, 0.2) is 83.5 Å². The maximum atomic E-state index is 13.7. The summed E-state index contributed by atoms with van der Waals surface area (Å²) in [6.07, 6.45) is 3.31.